The molecule has 1 nitrogen and oxygen atoms in total. The molecule has 1 aromatic carbocycles. The predicted octanol–water partition coefficient (Wildman–Crippen LogP) is 3.19. The Bertz CT molecular complexity index is 329. The Hall–Kier alpha value is -1.22. The van der Waals surface area contributed by atoms with Gasteiger partial charge in [0.05, 0.1) is 0 Å². The monoisotopic (exact) mass is 211 g/mol. The summed E-state index contributed by atoms with van der Waals surface area (Å²) in [4.78, 5) is 0. The molecule has 0 radical (unpaired) electrons. The first kappa shape index (κ1) is 11.9. The first-order chi connectivity index (χ1) is 7.06. The highest BCUT2D eigenvalue weighted by Gasteiger charge is 2.16. The molecule has 0 saturated carbocycles. The molecule has 1 N–H and O–H groups in total. The van der Waals surface area contributed by atoms with Gasteiger partial charge in [0.2, 0.25) is 0 Å². The Morgan fingerprint density at radius 2 is 1.80 bits per heavy atom. The van der Waals surface area contributed by atoms with Crippen LogP contribution in [0.25, 0.3) is 0 Å². The summed E-state index contributed by atoms with van der Waals surface area (Å²) < 4.78 is 26.7. The minimum atomic E-state index is -0.522. The molecule has 0 aliphatic rings. The summed E-state index contributed by atoms with van der Waals surface area (Å²) >= 11 is 0. The average molecular weight is 211 g/mol. The van der Waals surface area contributed by atoms with Crippen LogP contribution in [0.2, 0.25) is 0 Å². The van der Waals surface area contributed by atoms with E-state index in [9.17, 15) is 8.78 Å². The second-order valence-electron chi connectivity index (χ2n) is 3.55. The van der Waals surface area contributed by atoms with Gasteiger partial charge in [-0.05, 0) is 26.0 Å². The molecule has 0 saturated heterocycles. The molecule has 2 atom stereocenters. The molecule has 0 bridgehead atoms. The van der Waals surface area contributed by atoms with Gasteiger partial charge < -0.3 is 5.32 Å². The van der Waals surface area contributed by atoms with Crippen LogP contribution in [0.3, 0.4) is 0 Å². The minimum Gasteiger partial charge on any atom is -0.304 e. The van der Waals surface area contributed by atoms with E-state index in [1.165, 1.54) is 18.2 Å². The van der Waals surface area contributed by atoms with E-state index in [2.05, 4.69) is 11.9 Å². The van der Waals surface area contributed by atoms with Crippen molar-refractivity contribution in [1.29, 1.82) is 0 Å². The molecule has 0 fully saturated rings. The fraction of sp³-hybridized carbons (Fsp3) is 0.333. The maximum absolute atomic E-state index is 13.3. The van der Waals surface area contributed by atoms with Crippen molar-refractivity contribution in [1.82, 2.24) is 5.32 Å². The molecule has 0 spiro atoms. The van der Waals surface area contributed by atoms with Gasteiger partial charge in [-0.2, -0.15) is 0 Å². The standard InChI is InChI=1S/C12H15F2N/c1-4-8(2)15-9(3)12-10(13)6-5-7-11(12)14/h4-9,15H,1H2,2-3H3. The minimum absolute atomic E-state index is 0.0130. The highest BCUT2D eigenvalue weighted by Crippen LogP contribution is 2.20. The third-order valence-electron chi connectivity index (χ3n) is 2.30. The second-order valence-corrected chi connectivity index (χ2v) is 3.55. The molecule has 0 heterocycles. The zero-order valence-electron chi connectivity index (χ0n) is 8.93. The van der Waals surface area contributed by atoms with Gasteiger partial charge in [0.1, 0.15) is 11.6 Å². The summed E-state index contributed by atoms with van der Waals surface area (Å²) in [5.74, 6) is -1.04. The van der Waals surface area contributed by atoms with Gasteiger partial charge >= 0.3 is 0 Å². The summed E-state index contributed by atoms with van der Waals surface area (Å²) in [5, 5.41) is 3.03. The first-order valence-electron chi connectivity index (χ1n) is 4.88. The highest BCUT2D eigenvalue weighted by molar-refractivity contribution is 5.23. The Morgan fingerprint density at radius 3 is 2.27 bits per heavy atom. The lowest BCUT2D eigenvalue weighted by molar-refractivity contribution is 0.472. The summed E-state index contributed by atoms with van der Waals surface area (Å²) in [5.41, 5.74) is 0.0752. The van der Waals surface area contributed by atoms with E-state index in [-0.39, 0.29) is 17.6 Å². The summed E-state index contributed by atoms with van der Waals surface area (Å²) in [7, 11) is 0. The third kappa shape index (κ3) is 2.86. The highest BCUT2D eigenvalue weighted by atomic mass is 19.1. The molecule has 2 unspecified atom stereocenters. The zero-order chi connectivity index (χ0) is 11.4. The van der Waals surface area contributed by atoms with E-state index in [1.807, 2.05) is 6.92 Å². The largest absolute Gasteiger partial charge is 0.304 e. The van der Waals surface area contributed by atoms with Crippen LogP contribution in [0.15, 0.2) is 30.9 Å². The molecule has 3 heteroatoms. The van der Waals surface area contributed by atoms with Crippen LogP contribution < -0.4 is 5.32 Å². The topological polar surface area (TPSA) is 12.0 Å². The van der Waals surface area contributed by atoms with Crippen molar-refractivity contribution in [3.05, 3.63) is 48.1 Å². The molecule has 0 aromatic heterocycles. The van der Waals surface area contributed by atoms with Gasteiger partial charge in [0.25, 0.3) is 0 Å². The van der Waals surface area contributed by atoms with Gasteiger partial charge in [-0.1, -0.05) is 12.1 Å². The fourth-order valence-electron chi connectivity index (χ4n) is 1.47. The molecular weight excluding hydrogens is 196 g/mol. The van der Waals surface area contributed by atoms with Crippen LogP contribution in [0.4, 0.5) is 8.78 Å². The SMILES string of the molecule is C=CC(C)NC(C)c1c(F)cccc1F. The van der Waals surface area contributed by atoms with E-state index < -0.39 is 11.6 Å². The normalized spacial score (nSPS) is 14.7. The molecule has 15 heavy (non-hydrogen) atoms. The van der Waals surface area contributed by atoms with Crippen molar-refractivity contribution in [2.24, 2.45) is 0 Å². The Morgan fingerprint density at radius 1 is 1.27 bits per heavy atom. The predicted molar refractivity (Wildman–Crippen MR) is 57.6 cm³/mol. The van der Waals surface area contributed by atoms with Crippen LogP contribution in [0, 0.1) is 11.6 Å². The maximum atomic E-state index is 13.3. The first-order valence-corrected chi connectivity index (χ1v) is 4.88. The number of nitrogens with one attached hydrogen (secondary N) is 1. The number of halogens is 2. The Balaban J connectivity index is 2.90. The summed E-state index contributed by atoms with van der Waals surface area (Å²) in [6.45, 7) is 7.20. The van der Waals surface area contributed by atoms with E-state index in [4.69, 9.17) is 0 Å². The second kappa shape index (κ2) is 5.03. The van der Waals surface area contributed by atoms with Crippen molar-refractivity contribution in [3.8, 4) is 0 Å². The third-order valence-corrected chi connectivity index (χ3v) is 2.30. The Kier molecular flexibility index (Phi) is 3.97. The van der Waals surface area contributed by atoms with Gasteiger partial charge in [0, 0.05) is 17.6 Å². The van der Waals surface area contributed by atoms with Crippen LogP contribution in [-0.4, -0.2) is 6.04 Å². The molecule has 0 amide bonds. The van der Waals surface area contributed by atoms with E-state index in [0.717, 1.165) is 0 Å². The van der Waals surface area contributed by atoms with Gasteiger partial charge in [-0.3, -0.25) is 0 Å². The van der Waals surface area contributed by atoms with Crippen LogP contribution in [0.1, 0.15) is 25.5 Å². The number of benzene rings is 1. The van der Waals surface area contributed by atoms with Gasteiger partial charge in [-0.25, -0.2) is 8.78 Å². The van der Waals surface area contributed by atoms with E-state index in [1.54, 1.807) is 13.0 Å². The van der Waals surface area contributed by atoms with Gasteiger partial charge in [-0.15, -0.1) is 6.58 Å². The van der Waals surface area contributed by atoms with Crippen molar-refractivity contribution < 1.29 is 8.78 Å². The van der Waals surface area contributed by atoms with E-state index >= 15 is 0 Å². The quantitative estimate of drug-likeness (QED) is 0.754. The lowest BCUT2D eigenvalue weighted by Gasteiger charge is -2.18. The smallest absolute Gasteiger partial charge is 0.130 e. The van der Waals surface area contributed by atoms with Crippen LogP contribution in [-0.2, 0) is 0 Å². The van der Waals surface area contributed by atoms with Crippen LogP contribution in [0.5, 0.6) is 0 Å². The average Bonchev–Trinajstić information content (AvgIpc) is 2.17. The molecule has 0 aliphatic carbocycles. The summed E-state index contributed by atoms with van der Waals surface area (Å²) in [6, 6.07) is 3.51. The fourth-order valence-corrected chi connectivity index (χ4v) is 1.47. The van der Waals surface area contributed by atoms with Gasteiger partial charge in [0.15, 0.2) is 0 Å². The maximum Gasteiger partial charge on any atom is 0.130 e. The lowest BCUT2D eigenvalue weighted by atomic mass is 10.1. The molecule has 1 rings (SSSR count). The van der Waals surface area contributed by atoms with Crippen molar-refractivity contribution in [3.63, 3.8) is 0 Å². The van der Waals surface area contributed by atoms with Crippen LogP contribution >= 0.6 is 0 Å². The Labute approximate surface area is 88.8 Å². The molecular formula is C12H15F2N. The van der Waals surface area contributed by atoms with Crippen molar-refractivity contribution >= 4 is 0 Å². The number of rotatable bonds is 4. The van der Waals surface area contributed by atoms with Crippen molar-refractivity contribution in [2.75, 3.05) is 0 Å². The zero-order valence-corrected chi connectivity index (χ0v) is 8.93. The molecule has 0 aliphatic heterocycles. The lowest BCUT2D eigenvalue weighted by Crippen LogP contribution is -2.28. The number of hydrogen-bond acceptors (Lipinski definition) is 1. The molecule has 1 aromatic rings. The number of hydrogen-bond donors (Lipinski definition) is 1. The van der Waals surface area contributed by atoms with Crippen molar-refractivity contribution in [2.45, 2.75) is 25.9 Å². The molecule has 82 valence electrons. The summed E-state index contributed by atoms with van der Waals surface area (Å²) in [6.07, 6.45) is 1.69. The van der Waals surface area contributed by atoms with E-state index in [0.29, 0.717) is 0 Å².